The van der Waals surface area contributed by atoms with Crippen LogP contribution in [0.4, 0.5) is 5.69 Å². The maximum Gasteiger partial charge on any atom is 0.231 e. The highest BCUT2D eigenvalue weighted by Gasteiger charge is 2.34. The molecule has 110 valence electrons. The van der Waals surface area contributed by atoms with Gasteiger partial charge in [0.25, 0.3) is 0 Å². The fourth-order valence-electron chi connectivity index (χ4n) is 2.32. The van der Waals surface area contributed by atoms with Gasteiger partial charge in [-0.15, -0.1) is 0 Å². The molecular weight excluding hydrogens is 276 g/mol. The number of hydrogen-bond acceptors (Lipinski definition) is 4. The Labute approximate surface area is 119 Å². The van der Waals surface area contributed by atoms with Gasteiger partial charge in [-0.1, -0.05) is 0 Å². The van der Waals surface area contributed by atoms with Crippen molar-refractivity contribution in [3.05, 3.63) is 24.3 Å². The summed E-state index contributed by atoms with van der Waals surface area (Å²) >= 11 is 0. The van der Waals surface area contributed by atoms with E-state index in [9.17, 15) is 13.2 Å². The average Bonchev–Trinajstić information content (AvgIpc) is 2.39. The third kappa shape index (κ3) is 3.37. The number of anilines is 1. The Morgan fingerprint density at radius 1 is 1.30 bits per heavy atom. The summed E-state index contributed by atoms with van der Waals surface area (Å²) in [7, 11) is -3.20. The lowest BCUT2D eigenvalue weighted by atomic mass is 9.82. The Morgan fingerprint density at radius 3 is 2.45 bits per heavy atom. The molecule has 1 fully saturated rings. The molecule has 1 aromatic rings. The first kappa shape index (κ1) is 15.0. The van der Waals surface area contributed by atoms with Gasteiger partial charge < -0.3 is 10.6 Å². The Bertz CT molecular complexity index is 587. The normalized spacial score (nSPS) is 23.3. The van der Waals surface area contributed by atoms with Crippen molar-refractivity contribution in [2.45, 2.75) is 24.7 Å². The molecule has 2 N–H and O–H groups in total. The number of piperidine rings is 1. The lowest BCUT2D eigenvalue weighted by Gasteiger charge is -2.32. The van der Waals surface area contributed by atoms with E-state index < -0.39 is 15.3 Å². The van der Waals surface area contributed by atoms with Crippen LogP contribution in [-0.2, 0) is 14.6 Å². The van der Waals surface area contributed by atoms with E-state index in [2.05, 4.69) is 10.6 Å². The number of rotatable bonds is 3. The SMILES string of the molecule is CC1(C(=O)Nc2ccc(S(C)(=O)=O)cc2)CCCNC1. The fourth-order valence-corrected chi connectivity index (χ4v) is 2.95. The molecule has 0 bridgehead atoms. The number of benzene rings is 1. The third-order valence-electron chi connectivity index (χ3n) is 3.69. The number of hydrogen-bond donors (Lipinski definition) is 2. The van der Waals surface area contributed by atoms with E-state index in [4.69, 9.17) is 0 Å². The smallest absolute Gasteiger partial charge is 0.231 e. The minimum absolute atomic E-state index is 0.0307. The third-order valence-corrected chi connectivity index (χ3v) is 4.81. The van der Waals surface area contributed by atoms with Gasteiger partial charge in [-0.2, -0.15) is 0 Å². The van der Waals surface area contributed by atoms with E-state index in [1.807, 2.05) is 6.92 Å². The van der Waals surface area contributed by atoms with Gasteiger partial charge in [-0.25, -0.2) is 8.42 Å². The Hall–Kier alpha value is -1.40. The highest BCUT2D eigenvalue weighted by molar-refractivity contribution is 7.90. The topological polar surface area (TPSA) is 75.3 Å². The maximum atomic E-state index is 12.3. The van der Waals surface area contributed by atoms with Crippen LogP contribution in [0.15, 0.2) is 29.2 Å². The van der Waals surface area contributed by atoms with Crippen LogP contribution in [0.3, 0.4) is 0 Å². The molecule has 20 heavy (non-hydrogen) atoms. The zero-order chi connectivity index (χ0) is 14.8. The standard InChI is InChI=1S/C14H20N2O3S/c1-14(8-3-9-15-10-14)13(17)16-11-4-6-12(7-5-11)20(2,18)19/h4-7,15H,3,8-10H2,1-2H3,(H,16,17). The van der Waals surface area contributed by atoms with E-state index in [-0.39, 0.29) is 10.8 Å². The molecule has 1 saturated heterocycles. The zero-order valence-electron chi connectivity index (χ0n) is 11.8. The molecule has 1 aromatic carbocycles. The summed E-state index contributed by atoms with van der Waals surface area (Å²) < 4.78 is 22.7. The monoisotopic (exact) mass is 296 g/mol. The largest absolute Gasteiger partial charge is 0.326 e. The summed E-state index contributed by atoms with van der Waals surface area (Å²) in [6.45, 7) is 3.56. The minimum atomic E-state index is -3.20. The van der Waals surface area contributed by atoms with Gasteiger partial charge >= 0.3 is 0 Å². The Kier molecular flexibility index (Phi) is 4.15. The van der Waals surface area contributed by atoms with Crippen molar-refractivity contribution >= 4 is 21.4 Å². The molecule has 0 radical (unpaired) electrons. The summed E-state index contributed by atoms with van der Waals surface area (Å²) in [5.74, 6) is -0.0307. The molecule has 2 rings (SSSR count). The maximum absolute atomic E-state index is 12.3. The van der Waals surface area contributed by atoms with Crippen LogP contribution in [0.5, 0.6) is 0 Å². The molecule has 6 heteroatoms. The number of amides is 1. The van der Waals surface area contributed by atoms with E-state index in [1.54, 1.807) is 12.1 Å². The van der Waals surface area contributed by atoms with Gasteiger partial charge in [0.1, 0.15) is 0 Å². The minimum Gasteiger partial charge on any atom is -0.326 e. The first-order valence-corrected chi connectivity index (χ1v) is 8.53. The van der Waals surface area contributed by atoms with Crippen molar-refractivity contribution in [3.8, 4) is 0 Å². The summed E-state index contributed by atoms with van der Waals surface area (Å²) in [5, 5.41) is 6.09. The van der Waals surface area contributed by atoms with Crippen LogP contribution in [0.1, 0.15) is 19.8 Å². The molecule has 0 spiro atoms. The van der Waals surface area contributed by atoms with E-state index in [0.29, 0.717) is 12.2 Å². The fraction of sp³-hybridized carbons (Fsp3) is 0.500. The molecule has 1 unspecified atom stereocenters. The highest BCUT2D eigenvalue weighted by Crippen LogP contribution is 2.27. The van der Waals surface area contributed by atoms with Crippen molar-refractivity contribution in [2.24, 2.45) is 5.41 Å². The Morgan fingerprint density at radius 2 is 1.95 bits per heavy atom. The van der Waals surface area contributed by atoms with Gasteiger partial charge in [0.2, 0.25) is 5.91 Å². The lowest BCUT2D eigenvalue weighted by Crippen LogP contribution is -2.46. The second-order valence-corrected chi connectivity index (χ2v) is 7.61. The van der Waals surface area contributed by atoms with E-state index >= 15 is 0 Å². The molecule has 5 nitrogen and oxygen atoms in total. The van der Waals surface area contributed by atoms with Crippen molar-refractivity contribution in [1.82, 2.24) is 5.32 Å². The highest BCUT2D eigenvalue weighted by atomic mass is 32.2. The number of nitrogens with one attached hydrogen (secondary N) is 2. The molecule has 0 saturated carbocycles. The predicted molar refractivity (Wildman–Crippen MR) is 78.4 cm³/mol. The average molecular weight is 296 g/mol. The molecule has 0 aromatic heterocycles. The molecular formula is C14H20N2O3S. The lowest BCUT2D eigenvalue weighted by molar-refractivity contribution is -0.125. The first-order chi connectivity index (χ1) is 9.31. The second-order valence-electron chi connectivity index (χ2n) is 5.59. The Balaban J connectivity index is 2.08. The van der Waals surface area contributed by atoms with Gasteiger partial charge in [-0.3, -0.25) is 4.79 Å². The molecule has 0 aliphatic carbocycles. The van der Waals surface area contributed by atoms with E-state index in [0.717, 1.165) is 25.6 Å². The van der Waals surface area contributed by atoms with Crippen LogP contribution in [0.2, 0.25) is 0 Å². The number of sulfone groups is 1. The van der Waals surface area contributed by atoms with Crippen LogP contribution in [-0.4, -0.2) is 33.7 Å². The quantitative estimate of drug-likeness (QED) is 0.884. The second kappa shape index (κ2) is 5.54. The van der Waals surface area contributed by atoms with Gasteiger partial charge in [0, 0.05) is 18.5 Å². The molecule has 1 amide bonds. The van der Waals surface area contributed by atoms with Crippen molar-refractivity contribution < 1.29 is 13.2 Å². The summed E-state index contributed by atoms with van der Waals surface area (Å²) in [6.07, 6.45) is 3.00. The first-order valence-electron chi connectivity index (χ1n) is 6.64. The van der Waals surface area contributed by atoms with Crippen LogP contribution >= 0.6 is 0 Å². The summed E-state index contributed by atoms with van der Waals surface area (Å²) in [5.41, 5.74) is 0.211. The van der Waals surface area contributed by atoms with Gasteiger partial charge in [0.15, 0.2) is 9.84 Å². The molecule has 1 aliphatic rings. The molecule has 1 heterocycles. The predicted octanol–water partition coefficient (Wildman–Crippen LogP) is 1.42. The van der Waals surface area contributed by atoms with Crippen molar-refractivity contribution in [2.75, 3.05) is 24.7 Å². The van der Waals surface area contributed by atoms with Crippen LogP contribution < -0.4 is 10.6 Å². The molecule has 1 aliphatic heterocycles. The number of carbonyl (C=O) groups excluding carboxylic acids is 1. The molecule has 1 atom stereocenters. The van der Waals surface area contributed by atoms with Crippen molar-refractivity contribution in [3.63, 3.8) is 0 Å². The van der Waals surface area contributed by atoms with Crippen molar-refractivity contribution in [1.29, 1.82) is 0 Å². The van der Waals surface area contributed by atoms with Gasteiger partial charge in [0.05, 0.1) is 10.3 Å². The summed E-state index contributed by atoms with van der Waals surface area (Å²) in [6, 6.07) is 6.25. The van der Waals surface area contributed by atoms with Crippen LogP contribution in [0.25, 0.3) is 0 Å². The van der Waals surface area contributed by atoms with E-state index in [1.165, 1.54) is 12.1 Å². The summed E-state index contributed by atoms with van der Waals surface area (Å²) in [4.78, 5) is 12.6. The van der Waals surface area contributed by atoms with Crippen LogP contribution in [0, 0.1) is 5.41 Å². The number of carbonyl (C=O) groups is 1. The van der Waals surface area contributed by atoms with Gasteiger partial charge in [-0.05, 0) is 50.6 Å². The zero-order valence-corrected chi connectivity index (χ0v) is 12.6.